The van der Waals surface area contributed by atoms with Gasteiger partial charge in [0.1, 0.15) is 6.07 Å². The number of hydrogen-bond donors (Lipinski definition) is 1. The number of pyridine rings is 2. The average Bonchev–Trinajstić information content (AvgIpc) is 2.40. The van der Waals surface area contributed by atoms with E-state index in [1.165, 1.54) is 0 Å². The summed E-state index contributed by atoms with van der Waals surface area (Å²) in [6.45, 7) is 0.661. The Hall–Kier alpha value is -2.61. The summed E-state index contributed by atoms with van der Waals surface area (Å²) in [7, 11) is 1.89. The summed E-state index contributed by atoms with van der Waals surface area (Å²) >= 11 is 0. The molecule has 0 aliphatic heterocycles. The second-order valence-corrected chi connectivity index (χ2v) is 3.92. The van der Waals surface area contributed by atoms with Gasteiger partial charge in [-0.05, 0) is 23.8 Å². The van der Waals surface area contributed by atoms with Gasteiger partial charge in [0.2, 0.25) is 0 Å². The zero-order valence-electron chi connectivity index (χ0n) is 10.0. The standard InChI is InChI=1S/C13H13N5/c1-18(9-10-2-5-16-6-3-10)13-12(15)11(8-14)4-7-17-13/h2-7H,9,15H2,1H3. The van der Waals surface area contributed by atoms with Gasteiger partial charge in [0.15, 0.2) is 5.82 Å². The van der Waals surface area contributed by atoms with Gasteiger partial charge in [0, 0.05) is 32.2 Å². The van der Waals surface area contributed by atoms with Crippen molar-refractivity contribution in [3.8, 4) is 6.07 Å². The van der Waals surface area contributed by atoms with Crippen LogP contribution in [0.3, 0.4) is 0 Å². The lowest BCUT2D eigenvalue weighted by Gasteiger charge is -2.20. The van der Waals surface area contributed by atoms with Crippen molar-refractivity contribution in [1.82, 2.24) is 9.97 Å². The van der Waals surface area contributed by atoms with Crippen LogP contribution in [0, 0.1) is 11.3 Å². The molecule has 0 fully saturated rings. The summed E-state index contributed by atoms with van der Waals surface area (Å²) in [4.78, 5) is 10.1. The van der Waals surface area contributed by atoms with E-state index >= 15 is 0 Å². The SMILES string of the molecule is CN(Cc1ccncc1)c1nccc(C#N)c1N. The first kappa shape index (κ1) is 11.9. The molecule has 2 aromatic rings. The van der Waals surface area contributed by atoms with Gasteiger partial charge < -0.3 is 10.6 Å². The molecule has 0 amide bonds. The van der Waals surface area contributed by atoms with E-state index in [-0.39, 0.29) is 0 Å². The third-order valence-corrected chi connectivity index (χ3v) is 2.62. The fourth-order valence-corrected chi connectivity index (χ4v) is 1.70. The van der Waals surface area contributed by atoms with Gasteiger partial charge in [0.05, 0.1) is 11.3 Å². The van der Waals surface area contributed by atoms with Gasteiger partial charge in [-0.3, -0.25) is 4.98 Å². The molecule has 0 saturated heterocycles. The number of nitrogen functional groups attached to an aromatic ring is 1. The summed E-state index contributed by atoms with van der Waals surface area (Å²) < 4.78 is 0. The molecule has 5 nitrogen and oxygen atoms in total. The van der Waals surface area contributed by atoms with E-state index in [1.807, 2.05) is 24.1 Å². The van der Waals surface area contributed by atoms with Crippen LogP contribution in [0.15, 0.2) is 36.8 Å². The van der Waals surface area contributed by atoms with Crippen molar-refractivity contribution in [3.05, 3.63) is 47.9 Å². The van der Waals surface area contributed by atoms with E-state index in [2.05, 4.69) is 16.0 Å². The van der Waals surface area contributed by atoms with E-state index in [9.17, 15) is 0 Å². The molecule has 5 heteroatoms. The lowest BCUT2D eigenvalue weighted by Crippen LogP contribution is -2.19. The van der Waals surface area contributed by atoms with Crippen LogP contribution in [-0.4, -0.2) is 17.0 Å². The Kier molecular flexibility index (Phi) is 3.39. The van der Waals surface area contributed by atoms with E-state index < -0.39 is 0 Å². The van der Waals surface area contributed by atoms with Gasteiger partial charge in [-0.15, -0.1) is 0 Å². The Morgan fingerprint density at radius 2 is 2.00 bits per heavy atom. The number of hydrogen-bond acceptors (Lipinski definition) is 5. The number of nitriles is 1. The lowest BCUT2D eigenvalue weighted by atomic mass is 10.2. The van der Waals surface area contributed by atoms with Crippen LogP contribution in [-0.2, 0) is 6.54 Å². The molecule has 0 atom stereocenters. The third kappa shape index (κ3) is 2.38. The first-order valence-electron chi connectivity index (χ1n) is 5.47. The van der Waals surface area contributed by atoms with Gasteiger partial charge in [-0.25, -0.2) is 4.98 Å². The molecule has 0 bridgehead atoms. The molecular formula is C13H13N5. The van der Waals surface area contributed by atoms with Gasteiger partial charge in [-0.1, -0.05) is 0 Å². The molecule has 0 aliphatic carbocycles. The van der Waals surface area contributed by atoms with Crippen molar-refractivity contribution >= 4 is 11.5 Å². The predicted octanol–water partition coefficient (Wildman–Crippen LogP) is 1.57. The number of aromatic nitrogens is 2. The van der Waals surface area contributed by atoms with E-state index in [0.29, 0.717) is 23.6 Å². The van der Waals surface area contributed by atoms with Crippen LogP contribution in [0.5, 0.6) is 0 Å². The van der Waals surface area contributed by atoms with Crippen LogP contribution in [0.25, 0.3) is 0 Å². The highest BCUT2D eigenvalue weighted by molar-refractivity contribution is 5.69. The number of anilines is 2. The average molecular weight is 239 g/mol. The molecule has 0 radical (unpaired) electrons. The van der Waals surface area contributed by atoms with Crippen LogP contribution < -0.4 is 10.6 Å². The second kappa shape index (κ2) is 5.15. The van der Waals surface area contributed by atoms with Crippen molar-refractivity contribution in [3.63, 3.8) is 0 Å². The van der Waals surface area contributed by atoms with Crippen molar-refractivity contribution in [2.24, 2.45) is 0 Å². The highest BCUT2D eigenvalue weighted by Crippen LogP contribution is 2.23. The number of rotatable bonds is 3. The highest BCUT2D eigenvalue weighted by atomic mass is 15.2. The quantitative estimate of drug-likeness (QED) is 0.879. The fourth-order valence-electron chi connectivity index (χ4n) is 1.70. The Balaban J connectivity index is 2.25. The molecule has 2 rings (SSSR count). The molecular weight excluding hydrogens is 226 g/mol. The molecule has 2 N–H and O–H groups in total. The maximum Gasteiger partial charge on any atom is 0.153 e. The van der Waals surface area contributed by atoms with E-state index in [4.69, 9.17) is 11.0 Å². The molecule has 0 unspecified atom stereocenters. The normalized spacial score (nSPS) is 9.78. The minimum absolute atomic E-state index is 0.413. The van der Waals surface area contributed by atoms with Gasteiger partial charge in [-0.2, -0.15) is 5.26 Å². The summed E-state index contributed by atoms with van der Waals surface area (Å²) in [6.07, 6.45) is 5.07. The topological polar surface area (TPSA) is 78.8 Å². The fraction of sp³-hybridized carbons (Fsp3) is 0.154. The summed E-state index contributed by atoms with van der Waals surface area (Å²) in [5, 5.41) is 8.93. The summed E-state index contributed by atoms with van der Waals surface area (Å²) in [6, 6.07) is 7.53. The highest BCUT2D eigenvalue weighted by Gasteiger charge is 2.10. The predicted molar refractivity (Wildman–Crippen MR) is 69.7 cm³/mol. The smallest absolute Gasteiger partial charge is 0.153 e. The van der Waals surface area contributed by atoms with Crippen LogP contribution in [0.2, 0.25) is 0 Å². The Labute approximate surface area is 106 Å². The Morgan fingerprint density at radius 3 is 2.67 bits per heavy atom. The maximum atomic E-state index is 8.93. The number of nitrogens with two attached hydrogens (primary N) is 1. The molecule has 0 aliphatic rings. The van der Waals surface area contributed by atoms with Gasteiger partial charge in [0.25, 0.3) is 0 Å². The minimum atomic E-state index is 0.413. The molecule has 18 heavy (non-hydrogen) atoms. The third-order valence-electron chi connectivity index (χ3n) is 2.62. The van der Waals surface area contributed by atoms with Crippen LogP contribution >= 0.6 is 0 Å². The molecule has 0 saturated carbocycles. The largest absolute Gasteiger partial charge is 0.395 e. The monoisotopic (exact) mass is 239 g/mol. The van der Waals surface area contributed by atoms with Crippen molar-refractivity contribution in [2.75, 3.05) is 17.7 Å². The zero-order chi connectivity index (χ0) is 13.0. The first-order chi connectivity index (χ1) is 8.72. The molecule has 0 spiro atoms. The summed E-state index contributed by atoms with van der Waals surface area (Å²) in [5.74, 6) is 0.617. The van der Waals surface area contributed by atoms with Crippen LogP contribution in [0.4, 0.5) is 11.5 Å². The molecule has 0 aromatic carbocycles. The zero-order valence-corrected chi connectivity index (χ0v) is 10.0. The van der Waals surface area contributed by atoms with E-state index in [0.717, 1.165) is 5.56 Å². The van der Waals surface area contributed by atoms with Gasteiger partial charge >= 0.3 is 0 Å². The van der Waals surface area contributed by atoms with Crippen molar-refractivity contribution in [2.45, 2.75) is 6.54 Å². The molecule has 90 valence electrons. The second-order valence-electron chi connectivity index (χ2n) is 3.92. The lowest BCUT2D eigenvalue weighted by molar-refractivity contribution is 0.897. The van der Waals surface area contributed by atoms with Crippen LogP contribution in [0.1, 0.15) is 11.1 Å². The minimum Gasteiger partial charge on any atom is -0.395 e. The van der Waals surface area contributed by atoms with E-state index in [1.54, 1.807) is 24.7 Å². The molecule has 2 aromatic heterocycles. The Morgan fingerprint density at radius 1 is 1.28 bits per heavy atom. The van der Waals surface area contributed by atoms with Crippen molar-refractivity contribution < 1.29 is 0 Å². The number of nitrogens with zero attached hydrogens (tertiary/aromatic N) is 4. The maximum absolute atomic E-state index is 8.93. The Bertz CT molecular complexity index is 574. The summed E-state index contributed by atoms with van der Waals surface area (Å²) in [5.41, 5.74) is 7.88. The molecule has 2 heterocycles. The van der Waals surface area contributed by atoms with Crippen molar-refractivity contribution in [1.29, 1.82) is 5.26 Å². The first-order valence-corrected chi connectivity index (χ1v) is 5.47.